The lowest BCUT2D eigenvalue weighted by molar-refractivity contribution is -0.115. The van der Waals surface area contributed by atoms with Crippen molar-refractivity contribution >= 4 is 11.7 Å². The van der Waals surface area contributed by atoms with Gasteiger partial charge in [-0.25, -0.2) is 4.68 Å². The van der Waals surface area contributed by atoms with E-state index < -0.39 is 0 Å². The Bertz CT molecular complexity index is 589. The molecule has 1 amide bonds. The van der Waals surface area contributed by atoms with Gasteiger partial charge in [-0.1, -0.05) is 24.3 Å². The van der Waals surface area contributed by atoms with Gasteiger partial charge in [-0.3, -0.25) is 4.79 Å². The molecule has 3 N–H and O–H groups in total. The molecule has 2 rings (SSSR count). The van der Waals surface area contributed by atoms with E-state index >= 15 is 0 Å². The molecule has 1 aromatic heterocycles. The van der Waals surface area contributed by atoms with Gasteiger partial charge in [-0.2, -0.15) is 5.10 Å². The van der Waals surface area contributed by atoms with Crippen LogP contribution in [-0.2, 0) is 17.8 Å². The van der Waals surface area contributed by atoms with Gasteiger partial charge >= 0.3 is 0 Å². The van der Waals surface area contributed by atoms with Crippen molar-refractivity contribution in [1.82, 2.24) is 9.78 Å². The Morgan fingerprint density at radius 1 is 1.30 bits per heavy atom. The fourth-order valence-corrected chi connectivity index (χ4v) is 2.11. The average molecular weight is 272 g/mol. The van der Waals surface area contributed by atoms with Gasteiger partial charge in [-0.15, -0.1) is 0 Å². The van der Waals surface area contributed by atoms with Gasteiger partial charge in [0.25, 0.3) is 0 Å². The number of nitrogens with two attached hydrogens (primary N) is 1. The molecule has 0 bridgehead atoms. The van der Waals surface area contributed by atoms with E-state index in [0.717, 1.165) is 16.9 Å². The summed E-state index contributed by atoms with van der Waals surface area (Å²) in [5.41, 5.74) is 7.64. The molecule has 20 heavy (non-hydrogen) atoms. The Morgan fingerprint density at radius 3 is 2.65 bits per heavy atom. The molecule has 106 valence electrons. The Hall–Kier alpha value is -2.14. The zero-order valence-electron chi connectivity index (χ0n) is 11.8. The highest BCUT2D eigenvalue weighted by atomic mass is 16.1. The topological polar surface area (TPSA) is 72.9 Å². The Balaban J connectivity index is 2.07. The van der Waals surface area contributed by atoms with Crippen LogP contribution >= 0.6 is 0 Å². The van der Waals surface area contributed by atoms with E-state index in [0.29, 0.717) is 13.0 Å². The minimum atomic E-state index is -0.0618. The maximum absolute atomic E-state index is 12.1. The van der Waals surface area contributed by atoms with E-state index in [1.165, 1.54) is 0 Å². The highest BCUT2D eigenvalue weighted by molar-refractivity contribution is 5.91. The van der Waals surface area contributed by atoms with Crippen molar-refractivity contribution < 1.29 is 4.79 Å². The zero-order valence-corrected chi connectivity index (χ0v) is 11.8. The number of nitrogens with one attached hydrogen (secondary N) is 1. The lowest BCUT2D eigenvalue weighted by Crippen LogP contribution is -2.19. The van der Waals surface area contributed by atoms with Crippen molar-refractivity contribution in [2.24, 2.45) is 5.73 Å². The average Bonchev–Trinajstić information content (AvgIpc) is 2.87. The number of anilines is 1. The number of carbonyl (C=O) groups excluding carboxylic acids is 1. The van der Waals surface area contributed by atoms with Gasteiger partial charge in [-0.05, 0) is 25.0 Å². The van der Waals surface area contributed by atoms with Crippen LogP contribution < -0.4 is 11.1 Å². The molecule has 1 aromatic carbocycles. The fourth-order valence-electron chi connectivity index (χ4n) is 2.11. The van der Waals surface area contributed by atoms with E-state index in [-0.39, 0.29) is 11.9 Å². The molecule has 5 heteroatoms. The molecule has 0 atom stereocenters. The minimum Gasteiger partial charge on any atom is -0.326 e. The fraction of sp³-hybridized carbons (Fsp3) is 0.333. The number of carbonyl (C=O) groups is 1. The second-order valence-electron chi connectivity index (χ2n) is 4.95. The van der Waals surface area contributed by atoms with E-state index in [4.69, 9.17) is 5.73 Å². The van der Waals surface area contributed by atoms with Crippen LogP contribution in [0.4, 0.5) is 5.82 Å². The molecule has 2 aromatic rings. The number of hydrogen-bond acceptors (Lipinski definition) is 3. The van der Waals surface area contributed by atoms with Gasteiger partial charge < -0.3 is 11.1 Å². The summed E-state index contributed by atoms with van der Waals surface area (Å²) in [6.45, 7) is 4.48. The SMILES string of the molecule is CC(C)n1nccc1NC(=O)Cc1ccccc1CN. The third-order valence-electron chi connectivity index (χ3n) is 3.12. The van der Waals surface area contributed by atoms with Crippen LogP contribution in [0.5, 0.6) is 0 Å². The van der Waals surface area contributed by atoms with Gasteiger partial charge in [0, 0.05) is 18.7 Å². The quantitative estimate of drug-likeness (QED) is 0.875. The standard InChI is InChI=1S/C15H20N4O/c1-11(2)19-14(7-8-17-19)18-15(20)9-12-5-3-4-6-13(12)10-16/h3-8,11H,9-10,16H2,1-2H3,(H,18,20). The zero-order chi connectivity index (χ0) is 14.5. The second kappa shape index (κ2) is 6.34. The number of amides is 1. The summed E-state index contributed by atoms with van der Waals surface area (Å²) in [5.74, 6) is 0.656. The summed E-state index contributed by atoms with van der Waals surface area (Å²) in [6, 6.07) is 9.73. The van der Waals surface area contributed by atoms with E-state index in [2.05, 4.69) is 10.4 Å². The molecule has 0 radical (unpaired) electrons. The molecule has 0 unspecified atom stereocenters. The molecular formula is C15H20N4O. The summed E-state index contributed by atoms with van der Waals surface area (Å²) in [6.07, 6.45) is 2.00. The van der Waals surface area contributed by atoms with E-state index in [9.17, 15) is 4.79 Å². The molecule has 0 aliphatic carbocycles. The smallest absolute Gasteiger partial charge is 0.229 e. The number of benzene rings is 1. The van der Waals surface area contributed by atoms with Crippen molar-refractivity contribution in [3.63, 3.8) is 0 Å². The number of aromatic nitrogens is 2. The second-order valence-corrected chi connectivity index (χ2v) is 4.95. The third-order valence-corrected chi connectivity index (χ3v) is 3.12. The minimum absolute atomic E-state index is 0.0618. The number of nitrogens with zero attached hydrogens (tertiary/aromatic N) is 2. The molecule has 5 nitrogen and oxygen atoms in total. The maximum atomic E-state index is 12.1. The van der Waals surface area contributed by atoms with Crippen molar-refractivity contribution in [2.45, 2.75) is 32.9 Å². The summed E-state index contributed by atoms with van der Waals surface area (Å²) in [5, 5.41) is 7.08. The van der Waals surface area contributed by atoms with Crippen molar-refractivity contribution in [3.8, 4) is 0 Å². The van der Waals surface area contributed by atoms with Crippen LogP contribution in [0.2, 0.25) is 0 Å². The molecule has 0 saturated heterocycles. The monoisotopic (exact) mass is 272 g/mol. The molecule has 0 aliphatic rings. The van der Waals surface area contributed by atoms with Crippen LogP contribution in [0.3, 0.4) is 0 Å². The van der Waals surface area contributed by atoms with Crippen LogP contribution in [0, 0.1) is 0 Å². The first kappa shape index (κ1) is 14.3. The first-order chi connectivity index (χ1) is 9.61. The normalized spacial score (nSPS) is 10.8. The van der Waals surface area contributed by atoms with Crippen LogP contribution in [-0.4, -0.2) is 15.7 Å². The summed E-state index contributed by atoms with van der Waals surface area (Å²) in [7, 11) is 0. The maximum Gasteiger partial charge on any atom is 0.229 e. The van der Waals surface area contributed by atoms with Crippen LogP contribution in [0.15, 0.2) is 36.5 Å². The van der Waals surface area contributed by atoms with Gasteiger partial charge in [0.05, 0.1) is 12.6 Å². The Labute approximate surface area is 118 Å². The number of hydrogen-bond donors (Lipinski definition) is 2. The number of rotatable bonds is 5. The van der Waals surface area contributed by atoms with Gasteiger partial charge in [0.15, 0.2) is 0 Å². The molecule has 1 heterocycles. The highest BCUT2D eigenvalue weighted by Crippen LogP contribution is 2.14. The Morgan fingerprint density at radius 2 is 2.00 bits per heavy atom. The predicted octanol–water partition coefficient (Wildman–Crippen LogP) is 2.10. The van der Waals surface area contributed by atoms with Gasteiger partial charge in [0.1, 0.15) is 5.82 Å². The van der Waals surface area contributed by atoms with Gasteiger partial charge in [0.2, 0.25) is 5.91 Å². The lowest BCUT2D eigenvalue weighted by atomic mass is 10.0. The summed E-state index contributed by atoms with van der Waals surface area (Å²) in [4.78, 5) is 12.1. The first-order valence-corrected chi connectivity index (χ1v) is 6.72. The van der Waals surface area contributed by atoms with Crippen molar-refractivity contribution in [1.29, 1.82) is 0 Å². The van der Waals surface area contributed by atoms with Crippen molar-refractivity contribution in [3.05, 3.63) is 47.7 Å². The molecule has 0 spiro atoms. The Kier molecular flexibility index (Phi) is 4.53. The lowest BCUT2D eigenvalue weighted by Gasteiger charge is -2.12. The van der Waals surface area contributed by atoms with Crippen molar-refractivity contribution in [2.75, 3.05) is 5.32 Å². The predicted molar refractivity (Wildman–Crippen MR) is 79.3 cm³/mol. The summed E-state index contributed by atoms with van der Waals surface area (Å²) >= 11 is 0. The first-order valence-electron chi connectivity index (χ1n) is 6.72. The molecule has 0 saturated carbocycles. The summed E-state index contributed by atoms with van der Waals surface area (Å²) < 4.78 is 1.78. The molecular weight excluding hydrogens is 252 g/mol. The third kappa shape index (κ3) is 3.24. The van der Waals surface area contributed by atoms with E-state index in [1.807, 2.05) is 38.1 Å². The highest BCUT2D eigenvalue weighted by Gasteiger charge is 2.11. The van der Waals surface area contributed by atoms with Crippen LogP contribution in [0.25, 0.3) is 0 Å². The molecule has 0 aliphatic heterocycles. The molecule has 0 fully saturated rings. The largest absolute Gasteiger partial charge is 0.326 e. The van der Waals surface area contributed by atoms with E-state index in [1.54, 1.807) is 16.9 Å². The van der Waals surface area contributed by atoms with Crippen LogP contribution in [0.1, 0.15) is 31.0 Å².